The molecule has 0 N–H and O–H groups in total. The summed E-state index contributed by atoms with van der Waals surface area (Å²) in [5.41, 5.74) is 3.58. The van der Waals surface area contributed by atoms with Gasteiger partial charge in [-0.25, -0.2) is 0 Å². The maximum atomic E-state index is 3.96. The summed E-state index contributed by atoms with van der Waals surface area (Å²) < 4.78 is 2.18. The minimum absolute atomic E-state index is 1.11. The molecule has 2 rings (SSSR count). The Morgan fingerprint density at radius 3 is 2.62 bits per heavy atom. The van der Waals surface area contributed by atoms with E-state index in [9.17, 15) is 0 Å². The number of hydrogen-bond acceptors (Lipinski definition) is 0. The zero-order valence-corrected chi connectivity index (χ0v) is 8.04. The van der Waals surface area contributed by atoms with Crippen LogP contribution in [0.1, 0.15) is 12.6 Å². The highest BCUT2D eigenvalue weighted by Gasteiger charge is 2.03. The molecule has 1 heterocycles. The minimum atomic E-state index is 1.11. The molecule has 0 fully saturated rings. The first-order valence-corrected chi connectivity index (χ1v) is 4.40. The first-order valence-electron chi connectivity index (χ1n) is 4.40. The van der Waals surface area contributed by atoms with E-state index in [0.29, 0.717) is 0 Å². The van der Waals surface area contributed by atoms with Crippen molar-refractivity contribution in [2.24, 2.45) is 7.05 Å². The van der Waals surface area contributed by atoms with Crippen molar-refractivity contribution >= 4 is 16.5 Å². The van der Waals surface area contributed by atoms with Crippen LogP contribution in [-0.2, 0) is 7.05 Å². The number of aryl methyl sites for hydroxylation is 1. The van der Waals surface area contributed by atoms with Crippen molar-refractivity contribution in [3.05, 3.63) is 42.6 Å². The van der Waals surface area contributed by atoms with Gasteiger partial charge in [-0.15, -0.1) is 0 Å². The number of aromatic nitrogens is 1. The smallest absolute Gasteiger partial charge is 0.0482 e. The number of benzene rings is 1. The Balaban J connectivity index is 2.81. The number of fused-ring (bicyclic) bond motifs is 1. The van der Waals surface area contributed by atoms with Gasteiger partial charge >= 0.3 is 0 Å². The molecule has 2 aromatic rings. The topological polar surface area (TPSA) is 4.93 Å². The van der Waals surface area contributed by atoms with Gasteiger partial charge in [0.2, 0.25) is 0 Å². The SMILES string of the molecule is C=C(C)c1cc2ccccc2n1C. The molecule has 0 aliphatic heterocycles. The fraction of sp³-hybridized carbons (Fsp3) is 0.167. The van der Waals surface area contributed by atoms with Crippen LogP contribution >= 0.6 is 0 Å². The Hall–Kier alpha value is -1.50. The van der Waals surface area contributed by atoms with E-state index in [0.717, 1.165) is 5.57 Å². The molecule has 0 aliphatic carbocycles. The molecule has 0 bridgehead atoms. The molecule has 1 aromatic carbocycles. The van der Waals surface area contributed by atoms with Crippen molar-refractivity contribution in [1.29, 1.82) is 0 Å². The molecule has 0 unspecified atom stereocenters. The van der Waals surface area contributed by atoms with Crippen LogP contribution in [-0.4, -0.2) is 4.57 Å². The van der Waals surface area contributed by atoms with E-state index in [-0.39, 0.29) is 0 Å². The molecule has 0 atom stereocenters. The third kappa shape index (κ3) is 1.17. The first-order chi connectivity index (χ1) is 6.20. The van der Waals surface area contributed by atoms with Crippen molar-refractivity contribution in [2.75, 3.05) is 0 Å². The number of rotatable bonds is 1. The second-order valence-electron chi connectivity index (χ2n) is 3.43. The average molecular weight is 171 g/mol. The van der Waals surface area contributed by atoms with Crippen LogP contribution in [0.4, 0.5) is 0 Å². The Morgan fingerprint density at radius 2 is 2.00 bits per heavy atom. The highest BCUT2D eigenvalue weighted by Crippen LogP contribution is 2.22. The van der Waals surface area contributed by atoms with Gasteiger partial charge in [-0.2, -0.15) is 0 Å². The third-order valence-corrected chi connectivity index (χ3v) is 2.39. The minimum Gasteiger partial charge on any atom is -0.344 e. The molecule has 0 aliphatic rings. The highest BCUT2D eigenvalue weighted by atomic mass is 14.9. The number of hydrogen-bond donors (Lipinski definition) is 0. The summed E-state index contributed by atoms with van der Waals surface area (Å²) in [6.07, 6.45) is 0. The van der Waals surface area contributed by atoms with Crippen LogP contribution in [0.2, 0.25) is 0 Å². The zero-order valence-electron chi connectivity index (χ0n) is 8.04. The van der Waals surface area contributed by atoms with Crippen molar-refractivity contribution < 1.29 is 0 Å². The molecule has 0 amide bonds. The summed E-state index contributed by atoms with van der Waals surface area (Å²) in [7, 11) is 2.08. The van der Waals surface area contributed by atoms with Crippen LogP contribution < -0.4 is 0 Å². The van der Waals surface area contributed by atoms with Gasteiger partial charge in [-0.3, -0.25) is 0 Å². The Bertz CT molecular complexity index is 463. The van der Waals surface area contributed by atoms with Gasteiger partial charge in [0.1, 0.15) is 0 Å². The van der Waals surface area contributed by atoms with Crippen molar-refractivity contribution in [3.8, 4) is 0 Å². The molecular weight excluding hydrogens is 158 g/mol. The fourth-order valence-electron chi connectivity index (χ4n) is 1.70. The largest absolute Gasteiger partial charge is 0.344 e. The maximum Gasteiger partial charge on any atom is 0.0482 e. The van der Waals surface area contributed by atoms with Crippen LogP contribution in [0, 0.1) is 0 Å². The molecule has 1 nitrogen and oxygen atoms in total. The summed E-state index contributed by atoms with van der Waals surface area (Å²) in [5.74, 6) is 0. The van der Waals surface area contributed by atoms with Gasteiger partial charge in [-0.1, -0.05) is 24.8 Å². The zero-order chi connectivity index (χ0) is 9.42. The third-order valence-electron chi connectivity index (χ3n) is 2.39. The van der Waals surface area contributed by atoms with Gasteiger partial charge < -0.3 is 4.57 Å². The number of para-hydroxylation sites is 1. The number of nitrogens with zero attached hydrogens (tertiary/aromatic N) is 1. The lowest BCUT2D eigenvalue weighted by Gasteiger charge is -2.01. The second-order valence-corrected chi connectivity index (χ2v) is 3.43. The lowest BCUT2D eigenvalue weighted by atomic mass is 10.2. The molecular formula is C12H13N. The first kappa shape index (κ1) is 8.11. The predicted octanol–water partition coefficient (Wildman–Crippen LogP) is 3.21. The van der Waals surface area contributed by atoms with Crippen molar-refractivity contribution in [3.63, 3.8) is 0 Å². The molecule has 0 saturated carbocycles. The Morgan fingerprint density at radius 1 is 1.31 bits per heavy atom. The Kier molecular flexibility index (Phi) is 1.73. The monoisotopic (exact) mass is 171 g/mol. The molecule has 66 valence electrons. The van der Waals surface area contributed by atoms with Gasteiger partial charge in [0.25, 0.3) is 0 Å². The van der Waals surface area contributed by atoms with E-state index < -0.39 is 0 Å². The summed E-state index contributed by atoms with van der Waals surface area (Å²) >= 11 is 0. The molecule has 0 radical (unpaired) electrons. The fourth-order valence-corrected chi connectivity index (χ4v) is 1.70. The van der Waals surface area contributed by atoms with E-state index in [1.807, 2.05) is 6.92 Å². The summed E-state index contributed by atoms with van der Waals surface area (Å²) in [6, 6.07) is 10.6. The standard InChI is InChI=1S/C12H13N/c1-9(2)12-8-10-6-4-5-7-11(10)13(12)3/h4-8H,1H2,2-3H3. The molecule has 1 heteroatoms. The number of allylic oxidation sites excluding steroid dienone is 1. The van der Waals surface area contributed by atoms with Gasteiger partial charge in [0, 0.05) is 23.6 Å². The average Bonchev–Trinajstić information content (AvgIpc) is 2.45. The summed E-state index contributed by atoms with van der Waals surface area (Å²) in [5, 5.41) is 1.28. The summed E-state index contributed by atoms with van der Waals surface area (Å²) in [4.78, 5) is 0. The van der Waals surface area contributed by atoms with E-state index in [1.165, 1.54) is 16.6 Å². The van der Waals surface area contributed by atoms with Gasteiger partial charge in [0.05, 0.1) is 0 Å². The van der Waals surface area contributed by atoms with Crippen LogP contribution in [0.5, 0.6) is 0 Å². The highest BCUT2D eigenvalue weighted by molar-refractivity contribution is 5.85. The Labute approximate surface area is 78.3 Å². The summed E-state index contributed by atoms with van der Waals surface area (Å²) in [6.45, 7) is 6.00. The molecule has 13 heavy (non-hydrogen) atoms. The van der Waals surface area contributed by atoms with Gasteiger partial charge in [-0.05, 0) is 24.6 Å². The van der Waals surface area contributed by atoms with Crippen molar-refractivity contribution in [2.45, 2.75) is 6.92 Å². The van der Waals surface area contributed by atoms with Crippen LogP contribution in [0.15, 0.2) is 36.9 Å². The van der Waals surface area contributed by atoms with Crippen LogP contribution in [0.3, 0.4) is 0 Å². The van der Waals surface area contributed by atoms with Gasteiger partial charge in [0.15, 0.2) is 0 Å². The van der Waals surface area contributed by atoms with E-state index >= 15 is 0 Å². The van der Waals surface area contributed by atoms with E-state index in [4.69, 9.17) is 0 Å². The van der Waals surface area contributed by atoms with Crippen molar-refractivity contribution in [1.82, 2.24) is 4.57 Å². The maximum absolute atomic E-state index is 3.96. The van der Waals surface area contributed by atoms with E-state index in [2.05, 4.69) is 48.5 Å². The lowest BCUT2D eigenvalue weighted by molar-refractivity contribution is 0.947. The predicted molar refractivity (Wildman–Crippen MR) is 57.6 cm³/mol. The van der Waals surface area contributed by atoms with Crippen LogP contribution in [0.25, 0.3) is 16.5 Å². The quantitative estimate of drug-likeness (QED) is 0.621. The van der Waals surface area contributed by atoms with E-state index in [1.54, 1.807) is 0 Å². The molecule has 1 aromatic heterocycles. The molecule has 0 spiro atoms. The second kappa shape index (κ2) is 2.77. The normalized spacial score (nSPS) is 10.6. The lowest BCUT2D eigenvalue weighted by Crippen LogP contribution is -1.91. The molecule has 0 saturated heterocycles.